The van der Waals surface area contributed by atoms with Crippen LogP contribution in [0.3, 0.4) is 0 Å². The highest BCUT2D eigenvalue weighted by Crippen LogP contribution is 2.59. The molecule has 6 heterocycles. The minimum absolute atomic E-state index is 0.0107. The van der Waals surface area contributed by atoms with Gasteiger partial charge in [-0.25, -0.2) is 4.39 Å². The van der Waals surface area contributed by atoms with Crippen molar-refractivity contribution in [2.45, 2.75) is 126 Å². The molecule has 4 fully saturated rings. The van der Waals surface area contributed by atoms with Crippen molar-refractivity contribution in [3.63, 3.8) is 0 Å². The summed E-state index contributed by atoms with van der Waals surface area (Å²) in [7, 11) is -4.13. The van der Waals surface area contributed by atoms with Crippen molar-refractivity contribution in [2.75, 3.05) is 33.2 Å². The number of piperidine rings is 2. The molecule has 5 aliphatic heterocycles. The Labute approximate surface area is 479 Å². The first-order valence-electron chi connectivity index (χ1n) is 27.4. The normalized spacial score (nSPS) is 21.4. The lowest BCUT2D eigenvalue weighted by Crippen LogP contribution is -2.61. The van der Waals surface area contributed by atoms with Gasteiger partial charge in [0.15, 0.2) is 0 Å². The number of likely N-dealkylation sites (N-methyl/N-ethyl adjacent to an activating group) is 1. The van der Waals surface area contributed by atoms with Crippen LogP contribution < -0.4 is 27.0 Å². The summed E-state index contributed by atoms with van der Waals surface area (Å²) >= 11 is 0.905. The maximum Gasteiger partial charge on any atom is 0.399 e. The van der Waals surface area contributed by atoms with Gasteiger partial charge in [0.1, 0.15) is 36.0 Å². The number of amides is 9. The second kappa shape index (κ2) is 25.2. The lowest BCUT2D eigenvalue weighted by molar-refractivity contribution is -0.144. The van der Waals surface area contributed by atoms with Crippen LogP contribution in [0.25, 0.3) is 10.1 Å². The zero-order valence-corrected chi connectivity index (χ0v) is 47.0. The number of nitrogens with two attached hydrogens (primary N) is 1. The standard InChI is InChI=1S/C57H63F3N9O12PS/c1-66-24-23-37-14-16-45(69(37)56(78)43(31-66)64-53(75)47-29-35-27-36(13-18-46(35)83-47)57(59,60)82(79,80)81)52(74)62-41(15-19-48(61)70)50(72)63-42(28-34-9-4-5-12-40(34)58)55(77)67-25-21-32(22-26-67)7-2-3-8-33-10-6-11-38-39(33)30-68(54(38)76)44-17-20-49(71)65-51(44)73/h4-6,9-13,18,27,29,32,37,41-45H,2,7,14-17,19-26,28,30-31H2,1H3,(H2,61,70)(H,62,74)(H,63,72)(H,64,75)(H,65,71,73)(H2,79,80,81)/t37-,41+,42+,43+,44?,45+/m1/s1. The van der Waals surface area contributed by atoms with Gasteiger partial charge >= 0.3 is 13.3 Å². The van der Waals surface area contributed by atoms with Gasteiger partial charge in [0, 0.05) is 79.3 Å². The molecule has 0 spiro atoms. The second-order valence-electron chi connectivity index (χ2n) is 21.8. The summed E-state index contributed by atoms with van der Waals surface area (Å²) in [6.45, 7) is 1.28. The van der Waals surface area contributed by atoms with E-state index in [1.165, 1.54) is 40.1 Å². The number of fused-ring (bicyclic) bond motifs is 3. The molecule has 9 rings (SSSR count). The number of nitrogens with zero attached hydrogens (tertiary/aromatic N) is 4. The van der Waals surface area contributed by atoms with Gasteiger partial charge in [0.05, 0.1) is 4.88 Å². The molecule has 1 unspecified atom stereocenters. The first kappa shape index (κ1) is 60.1. The third kappa shape index (κ3) is 13.5. The smallest absolute Gasteiger partial charge is 0.370 e. The van der Waals surface area contributed by atoms with Crippen LogP contribution >= 0.6 is 18.9 Å². The Hall–Kier alpha value is -7.49. The summed E-state index contributed by atoms with van der Waals surface area (Å²) in [5.41, 5.74) is 2.08. The maximum absolute atomic E-state index is 15.3. The Bertz CT molecular complexity index is 3380. The van der Waals surface area contributed by atoms with E-state index in [1.54, 1.807) is 30.1 Å². The number of nitrogens with one attached hydrogen (secondary N) is 4. The van der Waals surface area contributed by atoms with E-state index in [-0.39, 0.29) is 85.2 Å². The molecular weight excluding hydrogens is 1120 g/mol. The Morgan fingerprint density at radius 2 is 1.67 bits per heavy atom. The van der Waals surface area contributed by atoms with Crippen LogP contribution in [0.2, 0.25) is 0 Å². The van der Waals surface area contributed by atoms with Gasteiger partial charge in [0.25, 0.3) is 11.8 Å². The molecule has 4 aromatic rings. The molecule has 0 bridgehead atoms. The molecule has 3 aromatic carbocycles. The fraction of sp³-hybridized carbons (Fsp3) is 0.456. The van der Waals surface area contributed by atoms with Crippen LogP contribution in [0.5, 0.6) is 0 Å². The summed E-state index contributed by atoms with van der Waals surface area (Å²) in [6.07, 6.45) is 2.87. The number of primary amides is 1. The van der Waals surface area contributed by atoms with Crippen LogP contribution in [-0.4, -0.2) is 152 Å². The van der Waals surface area contributed by atoms with Gasteiger partial charge < -0.3 is 51.1 Å². The zero-order valence-electron chi connectivity index (χ0n) is 45.2. The molecule has 6 atom stereocenters. The molecule has 9 amide bonds. The number of likely N-dealkylation sites (tertiary alicyclic amines) is 1. The van der Waals surface area contributed by atoms with Crippen LogP contribution in [0, 0.1) is 23.6 Å². The average molecular weight is 1190 g/mol. The topological polar surface area (TPSA) is 298 Å². The molecule has 0 radical (unpaired) electrons. The average Bonchev–Trinajstić information content (AvgIpc) is 3.37. The minimum atomic E-state index is -5.88. The Morgan fingerprint density at radius 1 is 0.916 bits per heavy atom. The molecule has 26 heteroatoms. The second-order valence-corrected chi connectivity index (χ2v) is 24.5. The van der Waals surface area contributed by atoms with Crippen LogP contribution in [-0.2, 0) is 56.8 Å². The molecule has 21 nitrogen and oxygen atoms in total. The fourth-order valence-electron chi connectivity index (χ4n) is 11.6. The number of alkyl halides is 2. The van der Waals surface area contributed by atoms with Gasteiger partial charge in [-0.15, -0.1) is 11.3 Å². The lowest BCUT2D eigenvalue weighted by Gasteiger charge is -2.38. The van der Waals surface area contributed by atoms with Gasteiger partial charge in [-0.05, 0) is 124 Å². The fourth-order valence-corrected chi connectivity index (χ4v) is 13.0. The number of carbonyl (C=O) groups excluding carboxylic acids is 9. The van der Waals surface area contributed by atoms with Crippen LogP contribution in [0.15, 0.2) is 66.7 Å². The van der Waals surface area contributed by atoms with E-state index in [0.29, 0.717) is 74.0 Å². The number of hydrogen-bond acceptors (Lipinski definition) is 12. The maximum atomic E-state index is 15.3. The Kier molecular flexibility index (Phi) is 18.2. The van der Waals surface area contributed by atoms with Crippen LogP contribution in [0.1, 0.15) is 113 Å². The van der Waals surface area contributed by atoms with Gasteiger partial charge in [-0.2, -0.15) is 8.78 Å². The first-order chi connectivity index (χ1) is 39.5. The molecule has 440 valence electrons. The summed E-state index contributed by atoms with van der Waals surface area (Å²) in [6, 6.07) is 8.88. The number of hydrogen-bond donors (Lipinski definition) is 7. The van der Waals surface area contributed by atoms with Gasteiger partial charge in [-0.3, -0.25) is 53.0 Å². The minimum Gasteiger partial charge on any atom is -0.370 e. The lowest BCUT2D eigenvalue weighted by atomic mass is 9.91. The Balaban J connectivity index is 0.843. The van der Waals surface area contributed by atoms with Crippen molar-refractivity contribution in [1.82, 2.24) is 40.9 Å². The highest BCUT2D eigenvalue weighted by Gasteiger charge is 2.51. The summed E-state index contributed by atoms with van der Waals surface area (Å²) in [5.74, 6) is 0.567. The molecule has 0 aliphatic carbocycles. The number of halogens is 3. The molecule has 5 aliphatic rings. The predicted octanol–water partition coefficient (Wildman–Crippen LogP) is 3.37. The van der Waals surface area contributed by atoms with E-state index >= 15 is 4.39 Å². The number of rotatable bonds is 17. The Morgan fingerprint density at radius 3 is 2.40 bits per heavy atom. The SMILES string of the molecule is CN1CC[C@H]2CC[C@@H](C(=O)N[C@@H](CCC(N)=O)C(=O)N[C@@H](Cc3ccccc3F)C(=O)N3CCC(CCC#Cc4cccc5c4CN(C4CCC(=O)NC4=O)C5=O)CC3)N2C(=O)[C@@H](NC(=O)c2cc3cc(C(F)(F)P(=O)(O)O)ccc3s2)C1. The number of imide groups is 1. The van der Waals surface area contributed by atoms with E-state index in [0.717, 1.165) is 29.0 Å². The number of thiophene rings is 1. The quantitative estimate of drug-likeness (QED) is 0.0454. The van der Waals surface area contributed by atoms with E-state index < -0.39 is 102 Å². The molecule has 83 heavy (non-hydrogen) atoms. The molecule has 1 aromatic heterocycles. The van der Waals surface area contributed by atoms with Gasteiger partial charge in [-0.1, -0.05) is 42.2 Å². The molecular formula is C57H63F3N9O12PS. The van der Waals surface area contributed by atoms with E-state index in [9.17, 15) is 66.3 Å². The van der Waals surface area contributed by atoms with Crippen molar-refractivity contribution in [3.05, 3.63) is 105 Å². The van der Waals surface area contributed by atoms with Crippen LogP contribution in [0.4, 0.5) is 13.2 Å². The summed E-state index contributed by atoms with van der Waals surface area (Å²) in [5, 5.41) is 10.6. The summed E-state index contributed by atoms with van der Waals surface area (Å²) < 4.78 is 56.3. The van der Waals surface area contributed by atoms with Crippen molar-refractivity contribution < 1.29 is 70.7 Å². The molecule has 8 N–H and O–H groups in total. The van der Waals surface area contributed by atoms with Crippen molar-refractivity contribution in [1.29, 1.82) is 0 Å². The van der Waals surface area contributed by atoms with Crippen molar-refractivity contribution in [2.24, 2.45) is 11.7 Å². The zero-order chi connectivity index (χ0) is 59.5. The number of benzene rings is 3. The molecule has 0 saturated carbocycles. The number of carbonyl (C=O) groups is 9. The summed E-state index contributed by atoms with van der Waals surface area (Å²) in [4.78, 5) is 146. The van der Waals surface area contributed by atoms with Crippen molar-refractivity contribution in [3.8, 4) is 11.8 Å². The highest BCUT2D eigenvalue weighted by molar-refractivity contribution is 7.52. The molecule has 4 saturated heterocycles. The van der Waals surface area contributed by atoms with Gasteiger partial charge in [0.2, 0.25) is 41.4 Å². The monoisotopic (exact) mass is 1190 g/mol. The first-order valence-corrected chi connectivity index (χ1v) is 29.9. The third-order valence-electron chi connectivity index (χ3n) is 16.2. The third-order valence-corrected chi connectivity index (χ3v) is 18.3. The van der Waals surface area contributed by atoms with Crippen molar-refractivity contribution >= 4 is 82.2 Å². The van der Waals surface area contributed by atoms with E-state index in [2.05, 4.69) is 33.1 Å². The largest absolute Gasteiger partial charge is 0.399 e. The van der Waals surface area contributed by atoms with E-state index in [4.69, 9.17) is 5.73 Å². The highest BCUT2D eigenvalue weighted by atomic mass is 32.1. The predicted molar refractivity (Wildman–Crippen MR) is 295 cm³/mol. The van der Waals surface area contributed by atoms with E-state index in [1.807, 2.05) is 11.0 Å².